The van der Waals surface area contributed by atoms with Gasteiger partial charge in [0.15, 0.2) is 0 Å². The number of aromatic amines is 1. The van der Waals surface area contributed by atoms with E-state index in [-0.39, 0.29) is 0 Å². The fourth-order valence-corrected chi connectivity index (χ4v) is 3.07. The van der Waals surface area contributed by atoms with Gasteiger partial charge in [0, 0.05) is 18.9 Å². The Morgan fingerprint density at radius 1 is 1.38 bits per heavy atom. The molecular formula is C12H20BrN3. The quantitative estimate of drug-likeness (QED) is 0.893. The molecule has 0 amide bonds. The van der Waals surface area contributed by atoms with E-state index in [1.165, 1.54) is 37.8 Å². The van der Waals surface area contributed by atoms with Gasteiger partial charge in [-0.05, 0) is 35.8 Å². The zero-order valence-corrected chi connectivity index (χ0v) is 11.4. The molecule has 3 nitrogen and oxygen atoms in total. The van der Waals surface area contributed by atoms with Gasteiger partial charge in [0.25, 0.3) is 0 Å². The van der Waals surface area contributed by atoms with Crippen LogP contribution < -0.4 is 5.32 Å². The highest BCUT2D eigenvalue weighted by molar-refractivity contribution is 9.10. The molecule has 1 aliphatic rings. The number of halogens is 1. The minimum Gasteiger partial charge on any atom is -0.345 e. The molecule has 0 radical (unpaired) electrons. The minimum absolute atomic E-state index is 0.693. The fraction of sp³-hybridized carbons (Fsp3) is 0.750. The lowest BCUT2D eigenvalue weighted by Gasteiger charge is -2.20. The zero-order valence-electron chi connectivity index (χ0n) is 9.85. The van der Waals surface area contributed by atoms with Gasteiger partial charge in [-0.1, -0.05) is 19.3 Å². The first-order valence-electron chi connectivity index (χ1n) is 6.20. The molecule has 90 valence electrons. The van der Waals surface area contributed by atoms with Crippen molar-refractivity contribution < 1.29 is 0 Å². The second kappa shape index (κ2) is 5.82. The van der Waals surface area contributed by atoms with Crippen LogP contribution in [0, 0.1) is 0 Å². The Bertz CT molecular complexity index is 329. The van der Waals surface area contributed by atoms with Crippen molar-refractivity contribution in [2.24, 2.45) is 0 Å². The second-order valence-corrected chi connectivity index (χ2v) is 5.33. The number of nitrogens with zero attached hydrogens (tertiary/aromatic N) is 1. The molecule has 4 heteroatoms. The lowest BCUT2D eigenvalue weighted by Crippen LogP contribution is -2.11. The van der Waals surface area contributed by atoms with Crippen molar-refractivity contribution in [3.63, 3.8) is 0 Å². The van der Waals surface area contributed by atoms with E-state index in [1.807, 2.05) is 7.05 Å². The van der Waals surface area contributed by atoms with Crippen LogP contribution in [0.5, 0.6) is 0 Å². The maximum Gasteiger partial charge on any atom is 0.127 e. The molecule has 0 bridgehead atoms. The van der Waals surface area contributed by atoms with E-state index in [0.29, 0.717) is 5.92 Å². The molecule has 16 heavy (non-hydrogen) atoms. The Balaban J connectivity index is 2.04. The molecule has 2 rings (SSSR count). The van der Waals surface area contributed by atoms with E-state index in [2.05, 4.69) is 31.2 Å². The monoisotopic (exact) mass is 285 g/mol. The van der Waals surface area contributed by atoms with Crippen molar-refractivity contribution in [3.8, 4) is 0 Å². The van der Waals surface area contributed by atoms with Gasteiger partial charge >= 0.3 is 0 Å². The smallest absolute Gasteiger partial charge is 0.127 e. The van der Waals surface area contributed by atoms with Crippen molar-refractivity contribution in [2.75, 3.05) is 13.6 Å². The predicted molar refractivity (Wildman–Crippen MR) is 69.7 cm³/mol. The number of H-pyrrole nitrogens is 1. The van der Waals surface area contributed by atoms with E-state index in [4.69, 9.17) is 0 Å². The lowest BCUT2D eigenvalue weighted by atomic mass is 9.87. The molecule has 0 aromatic carbocycles. The van der Waals surface area contributed by atoms with Crippen LogP contribution in [-0.2, 0) is 6.42 Å². The summed E-state index contributed by atoms with van der Waals surface area (Å²) in [5.74, 6) is 1.79. The summed E-state index contributed by atoms with van der Waals surface area (Å²) in [6, 6.07) is 0. The summed E-state index contributed by atoms with van der Waals surface area (Å²) in [5, 5.41) is 3.15. The predicted octanol–water partition coefficient (Wildman–Crippen LogP) is 2.98. The van der Waals surface area contributed by atoms with E-state index >= 15 is 0 Å². The van der Waals surface area contributed by atoms with Gasteiger partial charge in [0.2, 0.25) is 0 Å². The fourth-order valence-electron chi connectivity index (χ4n) is 2.44. The third-order valence-corrected chi connectivity index (χ3v) is 3.96. The first-order valence-corrected chi connectivity index (χ1v) is 6.99. The highest BCUT2D eigenvalue weighted by atomic mass is 79.9. The summed E-state index contributed by atoms with van der Waals surface area (Å²) in [6.45, 7) is 0.976. The SMILES string of the molecule is CNCCc1nc(Br)c(C2CCCCC2)[nH]1. The summed E-state index contributed by atoms with van der Waals surface area (Å²) in [4.78, 5) is 8.03. The molecule has 2 N–H and O–H groups in total. The molecule has 0 saturated heterocycles. The third kappa shape index (κ3) is 2.86. The first-order chi connectivity index (χ1) is 7.81. The molecule has 0 spiro atoms. The Hall–Kier alpha value is -0.350. The van der Waals surface area contributed by atoms with E-state index < -0.39 is 0 Å². The Kier molecular flexibility index (Phi) is 4.41. The second-order valence-electron chi connectivity index (χ2n) is 4.58. The van der Waals surface area contributed by atoms with Crippen LogP contribution in [0.2, 0.25) is 0 Å². The van der Waals surface area contributed by atoms with Crippen molar-refractivity contribution in [1.29, 1.82) is 0 Å². The van der Waals surface area contributed by atoms with Crippen LogP contribution in [-0.4, -0.2) is 23.6 Å². The van der Waals surface area contributed by atoms with Crippen LogP contribution in [0.3, 0.4) is 0 Å². The summed E-state index contributed by atoms with van der Waals surface area (Å²) in [7, 11) is 1.97. The molecule has 1 aromatic rings. The Morgan fingerprint density at radius 3 is 2.81 bits per heavy atom. The van der Waals surface area contributed by atoms with Gasteiger partial charge in [-0.15, -0.1) is 0 Å². The molecule has 0 unspecified atom stereocenters. The van der Waals surface area contributed by atoms with Crippen molar-refractivity contribution in [1.82, 2.24) is 15.3 Å². The molecule has 1 fully saturated rings. The molecule has 0 atom stereocenters. The molecule has 1 heterocycles. The average molecular weight is 286 g/mol. The van der Waals surface area contributed by atoms with Gasteiger partial charge in [-0.3, -0.25) is 0 Å². The highest BCUT2D eigenvalue weighted by Crippen LogP contribution is 2.35. The van der Waals surface area contributed by atoms with Crippen molar-refractivity contribution >= 4 is 15.9 Å². The molecule has 0 aliphatic heterocycles. The summed E-state index contributed by atoms with van der Waals surface area (Å²) < 4.78 is 1.03. The number of rotatable bonds is 4. The number of likely N-dealkylation sites (N-methyl/N-ethyl adjacent to an activating group) is 1. The van der Waals surface area contributed by atoms with Gasteiger partial charge in [0.1, 0.15) is 10.4 Å². The van der Waals surface area contributed by atoms with E-state index in [0.717, 1.165) is 23.4 Å². The maximum atomic E-state index is 4.54. The number of hydrogen-bond donors (Lipinski definition) is 2. The van der Waals surface area contributed by atoms with Gasteiger partial charge in [0.05, 0.1) is 5.69 Å². The van der Waals surface area contributed by atoms with Crippen LogP contribution in [0.1, 0.15) is 49.5 Å². The number of aromatic nitrogens is 2. The third-order valence-electron chi connectivity index (χ3n) is 3.36. The average Bonchev–Trinajstić information content (AvgIpc) is 2.69. The summed E-state index contributed by atoms with van der Waals surface area (Å²) in [6.07, 6.45) is 7.72. The van der Waals surface area contributed by atoms with Crippen LogP contribution >= 0.6 is 15.9 Å². The lowest BCUT2D eigenvalue weighted by molar-refractivity contribution is 0.436. The Labute approximate surface area is 106 Å². The first kappa shape index (κ1) is 12.1. The van der Waals surface area contributed by atoms with Gasteiger partial charge in [-0.25, -0.2) is 4.98 Å². The van der Waals surface area contributed by atoms with Gasteiger partial charge in [-0.2, -0.15) is 0 Å². The minimum atomic E-state index is 0.693. The Morgan fingerprint density at radius 2 is 2.12 bits per heavy atom. The topological polar surface area (TPSA) is 40.7 Å². The van der Waals surface area contributed by atoms with E-state index in [9.17, 15) is 0 Å². The van der Waals surface area contributed by atoms with Crippen molar-refractivity contribution in [3.05, 3.63) is 16.1 Å². The largest absolute Gasteiger partial charge is 0.345 e. The van der Waals surface area contributed by atoms with Crippen LogP contribution in [0.4, 0.5) is 0 Å². The van der Waals surface area contributed by atoms with Gasteiger partial charge < -0.3 is 10.3 Å². The van der Waals surface area contributed by atoms with Crippen molar-refractivity contribution in [2.45, 2.75) is 44.4 Å². The number of imidazole rings is 1. The number of nitrogens with one attached hydrogen (secondary N) is 2. The standard InChI is InChI=1S/C12H20BrN3/c1-14-8-7-10-15-11(12(13)16-10)9-5-3-2-4-6-9/h9,14H,2-8H2,1H3,(H,15,16). The molecule has 1 aromatic heterocycles. The maximum absolute atomic E-state index is 4.54. The van der Waals surface area contributed by atoms with Crippen LogP contribution in [0.15, 0.2) is 4.60 Å². The molecule has 1 aliphatic carbocycles. The molecule has 1 saturated carbocycles. The van der Waals surface area contributed by atoms with E-state index in [1.54, 1.807) is 0 Å². The summed E-state index contributed by atoms with van der Waals surface area (Å²) >= 11 is 3.58. The normalized spacial score (nSPS) is 17.9. The molecular weight excluding hydrogens is 266 g/mol. The number of hydrogen-bond acceptors (Lipinski definition) is 2. The summed E-state index contributed by atoms with van der Waals surface area (Å²) in [5.41, 5.74) is 1.32. The zero-order chi connectivity index (χ0) is 11.4. The van der Waals surface area contributed by atoms with Crippen LogP contribution in [0.25, 0.3) is 0 Å². The highest BCUT2D eigenvalue weighted by Gasteiger charge is 2.20.